The van der Waals surface area contributed by atoms with Crippen molar-refractivity contribution < 1.29 is 4.74 Å². The fourth-order valence-corrected chi connectivity index (χ4v) is 1.87. The predicted octanol–water partition coefficient (Wildman–Crippen LogP) is 2.25. The molecule has 0 heterocycles. The van der Waals surface area contributed by atoms with Gasteiger partial charge in [-0.15, -0.1) is 0 Å². The maximum Gasteiger partial charge on any atom is 0.123 e. The Balaban J connectivity index is 2.71. The number of benzene rings is 1. The van der Waals surface area contributed by atoms with Gasteiger partial charge in [-0.05, 0) is 39.4 Å². The van der Waals surface area contributed by atoms with E-state index in [9.17, 15) is 0 Å². The van der Waals surface area contributed by atoms with Gasteiger partial charge in [-0.2, -0.15) is 0 Å². The Morgan fingerprint density at radius 1 is 1.29 bits per heavy atom. The van der Waals surface area contributed by atoms with Gasteiger partial charge in [0.05, 0.1) is 7.11 Å². The summed E-state index contributed by atoms with van der Waals surface area (Å²) in [5.74, 6) is 0.964. The topological polar surface area (TPSA) is 38.5 Å². The van der Waals surface area contributed by atoms with Crippen LogP contribution in [0.2, 0.25) is 0 Å². The average molecular weight is 236 g/mol. The summed E-state index contributed by atoms with van der Waals surface area (Å²) in [6.07, 6.45) is 1.04. The maximum atomic E-state index is 5.58. The van der Waals surface area contributed by atoms with Gasteiger partial charge >= 0.3 is 0 Å². The van der Waals surface area contributed by atoms with Gasteiger partial charge in [0.15, 0.2) is 0 Å². The highest BCUT2D eigenvalue weighted by Crippen LogP contribution is 2.20. The largest absolute Gasteiger partial charge is 0.496 e. The Bertz CT molecular complexity index is 326. The normalized spacial score (nSPS) is 11.2. The summed E-state index contributed by atoms with van der Waals surface area (Å²) in [4.78, 5) is 2.42. The number of ether oxygens (including phenoxy) is 1. The summed E-state index contributed by atoms with van der Waals surface area (Å²) < 4.78 is 5.38. The smallest absolute Gasteiger partial charge is 0.123 e. The minimum atomic E-state index is 0.520. The quantitative estimate of drug-likeness (QED) is 0.789. The van der Waals surface area contributed by atoms with Gasteiger partial charge < -0.3 is 10.5 Å². The van der Waals surface area contributed by atoms with E-state index < -0.39 is 0 Å². The molecule has 3 nitrogen and oxygen atoms in total. The minimum absolute atomic E-state index is 0.520. The second kappa shape index (κ2) is 7.30. The standard InChI is InChI=1S/C14H24N2O/c1-12(2)16(10-6-9-15)11-13-7-4-5-8-14(13)17-3/h4-5,7-8,12H,6,9-11,15H2,1-3H3. The van der Waals surface area contributed by atoms with Gasteiger partial charge in [-0.3, -0.25) is 4.90 Å². The van der Waals surface area contributed by atoms with Crippen molar-refractivity contribution in [3.8, 4) is 5.75 Å². The van der Waals surface area contributed by atoms with Crippen molar-refractivity contribution >= 4 is 0 Å². The molecule has 0 bridgehead atoms. The summed E-state index contributed by atoms with van der Waals surface area (Å²) in [5, 5.41) is 0. The van der Waals surface area contributed by atoms with Crippen LogP contribution in [0.25, 0.3) is 0 Å². The first-order valence-electron chi connectivity index (χ1n) is 6.25. The molecule has 0 unspecified atom stereocenters. The van der Waals surface area contributed by atoms with E-state index in [0.717, 1.165) is 31.8 Å². The van der Waals surface area contributed by atoms with E-state index >= 15 is 0 Å². The van der Waals surface area contributed by atoms with Crippen LogP contribution in [0.15, 0.2) is 24.3 Å². The van der Waals surface area contributed by atoms with Crippen molar-refractivity contribution in [1.29, 1.82) is 0 Å². The highest BCUT2D eigenvalue weighted by Gasteiger charge is 2.11. The SMILES string of the molecule is COc1ccccc1CN(CCCN)C(C)C. The van der Waals surface area contributed by atoms with E-state index in [0.29, 0.717) is 6.04 Å². The first-order valence-corrected chi connectivity index (χ1v) is 6.25. The first kappa shape index (κ1) is 14.0. The number of rotatable bonds is 7. The second-order valence-corrected chi connectivity index (χ2v) is 4.52. The molecule has 1 aromatic rings. The number of hydrogen-bond acceptors (Lipinski definition) is 3. The van der Waals surface area contributed by atoms with E-state index in [1.54, 1.807) is 7.11 Å². The van der Waals surface area contributed by atoms with Crippen LogP contribution in [0.3, 0.4) is 0 Å². The van der Waals surface area contributed by atoms with Crippen molar-refractivity contribution in [1.82, 2.24) is 4.90 Å². The lowest BCUT2D eigenvalue weighted by atomic mass is 10.1. The van der Waals surface area contributed by atoms with Crippen molar-refractivity contribution in [2.45, 2.75) is 32.9 Å². The molecule has 0 aliphatic heterocycles. The summed E-state index contributed by atoms with van der Waals surface area (Å²) >= 11 is 0. The average Bonchev–Trinajstić information content (AvgIpc) is 2.34. The maximum absolute atomic E-state index is 5.58. The molecule has 0 aliphatic carbocycles. The Labute approximate surface area is 105 Å². The van der Waals surface area contributed by atoms with Crippen LogP contribution in [0.4, 0.5) is 0 Å². The van der Waals surface area contributed by atoms with Gasteiger partial charge in [-0.25, -0.2) is 0 Å². The third kappa shape index (κ3) is 4.36. The fourth-order valence-electron chi connectivity index (χ4n) is 1.87. The van der Waals surface area contributed by atoms with Crippen LogP contribution in [0, 0.1) is 0 Å². The molecule has 0 radical (unpaired) electrons. The van der Waals surface area contributed by atoms with Crippen LogP contribution < -0.4 is 10.5 Å². The van der Waals surface area contributed by atoms with Crippen molar-refractivity contribution in [2.75, 3.05) is 20.2 Å². The molecule has 0 fully saturated rings. The number of nitrogens with two attached hydrogens (primary N) is 1. The molecule has 1 aromatic carbocycles. The van der Waals surface area contributed by atoms with E-state index in [2.05, 4.69) is 30.9 Å². The summed E-state index contributed by atoms with van der Waals surface area (Å²) in [7, 11) is 1.72. The van der Waals surface area contributed by atoms with Crippen molar-refractivity contribution in [2.24, 2.45) is 5.73 Å². The number of hydrogen-bond donors (Lipinski definition) is 1. The molecule has 0 amide bonds. The van der Waals surface area contributed by atoms with Crippen molar-refractivity contribution in [3.63, 3.8) is 0 Å². The molecule has 17 heavy (non-hydrogen) atoms. The van der Waals surface area contributed by atoms with Gasteiger partial charge in [0.25, 0.3) is 0 Å². The van der Waals surface area contributed by atoms with Crippen LogP contribution >= 0.6 is 0 Å². The molecular weight excluding hydrogens is 212 g/mol. The summed E-state index contributed by atoms with van der Waals surface area (Å²) in [6.45, 7) is 7.13. The zero-order valence-electron chi connectivity index (χ0n) is 11.1. The van der Waals surface area contributed by atoms with E-state index in [1.807, 2.05) is 12.1 Å². The monoisotopic (exact) mass is 236 g/mol. The third-order valence-corrected chi connectivity index (χ3v) is 2.95. The first-order chi connectivity index (χ1) is 8.19. The highest BCUT2D eigenvalue weighted by molar-refractivity contribution is 5.33. The minimum Gasteiger partial charge on any atom is -0.496 e. The van der Waals surface area contributed by atoms with Crippen LogP contribution in [-0.2, 0) is 6.54 Å². The molecule has 0 aromatic heterocycles. The summed E-state index contributed by atoms with van der Waals surface area (Å²) in [6, 6.07) is 8.71. The highest BCUT2D eigenvalue weighted by atomic mass is 16.5. The van der Waals surface area contributed by atoms with Crippen LogP contribution in [-0.4, -0.2) is 31.1 Å². The van der Waals surface area contributed by atoms with E-state index in [-0.39, 0.29) is 0 Å². The van der Waals surface area contributed by atoms with Gasteiger partial charge in [0.2, 0.25) is 0 Å². The van der Waals surface area contributed by atoms with Crippen LogP contribution in [0.1, 0.15) is 25.8 Å². The zero-order chi connectivity index (χ0) is 12.7. The van der Waals surface area contributed by atoms with E-state index in [4.69, 9.17) is 10.5 Å². The van der Waals surface area contributed by atoms with Gasteiger partial charge in [0, 0.05) is 18.2 Å². The molecule has 0 atom stereocenters. The molecule has 0 saturated heterocycles. The second-order valence-electron chi connectivity index (χ2n) is 4.52. The molecule has 0 aliphatic rings. The molecule has 3 heteroatoms. The Morgan fingerprint density at radius 3 is 2.59 bits per heavy atom. The fraction of sp³-hybridized carbons (Fsp3) is 0.571. The van der Waals surface area contributed by atoms with Gasteiger partial charge in [0.1, 0.15) is 5.75 Å². The number of methoxy groups -OCH3 is 1. The number of para-hydroxylation sites is 1. The lowest BCUT2D eigenvalue weighted by Gasteiger charge is -2.27. The zero-order valence-corrected chi connectivity index (χ0v) is 11.1. The summed E-state index contributed by atoms with van der Waals surface area (Å²) in [5.41, 5.74) is 6.81. The molecule has 2 N–H and O–H groups in total. The molecule has 1 rings (SSSR count). The van der Waals surface area contributed by atoms with Crippen LogP contribution in [0.5, 0.6) is 5.75 Å². The Hall–Kier alpha value is -1.06. The molecule has 0 spiro atoms. The number of nitrogens with zero attached hydrogens (tertiary/aromatic N) is 1. The van der Waals surface area contributed by atoms with E-state index in [1.165, 1.54) is 5.56 Å². The predicted molar refractivity (Wildman–Crippen MR) is 72.2 cm³/mol. The Kier molecular flexibility index (Phi) is 6.01. The van der Waals surface area contributed by atoms with Gasteiger partial charge in [-0.1, -0.05) is 18.2 Å². The lowest BCUT2D eigenvalue weighted by Crippen LogP contribution is -2.32. The lowest BCUT2D eigenvalue weighted by molar-refractivity contribution is 0.209. The third-order valence-electron chi connectivity index (χ3n) is 2.95. The molecular formula is C14H24N2O. The molecule has 0 saturated carbocycles. The van der Waals surface area contributed by atoms with Crippen molar-refractivity contribution in [3.05, 3.63) is 29.8 Å². The molecule has 96 valence electrons. The Morgan fingerprint density at radius 2 is 2.00 bits per heavy atom.